The summed E-state index contributed by atoms with van der Waals surface area (Å²) in [6.07, 6.45) is 0. The van der Waals surface area contributed by atoms with Crippen LogP contribution in [-0.4, -0.2) is 15.4 Å². The zero-order valence-corrected chi connectivity index (χ0v) is 10.3. The van der Waals surface area contributed by atoms with E-state index in [2.05, 4.69) is 0 Å². The summed E-state index contributed by atoms with van der Waals surface area (Å²) in [5.41, 5.74) is 0. The zero-order valence-electron chi connectivity index (χ0n) is 9.31. The van der Waals surface area contributed by atoms with Crippen molar-refractivity contribution >= 4 is 13.5 Å². The average molecular weight is 230 g/mol. The van der Waals surface area contributed by atoms with Gasteiger partial charge in [0.2, 0.25) is 8.32 Å². The Bertz CT molecular complexity index is 329. The van der Waals surface area contributed by atoms with E-state index >= 15 is 0 Å². The van der Waals surface area contributed by atoms with Crippen LogP contribution in [0, 0.1) is 11.6 Å². The zero-order chi connectivity index (χ0) is 11.5. The maximum absolute atomic E-state index is 13.1. The summed E-state index contributed by atoms with van der Waals surface area (Å²) >= 11 is 0. The van der Waals surface area contributed by atoms with Gasteiger partial charge in [-0.2, -0.15) is 0 Å². The molecule has 0 atom stereocenters. The van der Waals surface area contributed by atoms with Crippen LogP contribution in [0.3, 0.4) is 0 Å². The van der Waals surface area contributed by atoms with Gasteiger partial charge in [0, 0.05) is 7.11 Å². The Balaban J connectivity index is 3.17. The third-order valence-corrected chi connectivity index (χ3v) is 7.41. The molecule has 0 unspecified atom stereocenters. The van der Waals surface area contributed by atoms with Crippen molar-refractivity contribution in [2.24, 2.45) is 0 Å². The fourth-order valence-corrected chi connectivity index (χ4v) is 4.75. The van der Waals surface area contributed by atoms with Crippen LogP contribution in [0.25, 0.3) is 0 Å². The molecule has 0 bridgehead atoms. The van der Waals surface area contributed by atoms with Crippen molar-refractivity contribution in [3.8, 4) is 0 Å². The monoisotopic (exact) mass is 230 g/mol. The number of rotatable bonds is 4. The standard InChI is InChI=1S/C11H16F2OSi/c1-4-15(5-2,14-3)9-6-7-10(12)11(13)8-9/h6-8H,4-5H2,1-3H3. The second-order valence-electron chi connectivity index (χ2n) is 3.53. The molecule has 1 aromatic carbocycles. The van der Waals surface area contributed by atoms with Crippen LogP contribution in [0.1, 0.15) is 13.8 Å². The molecule has 1 nitrogen and oxygen atoms in total. The largest absolute Gasteiger partial charge is 0.416 e. The van der Waals surface area contributed by atoms with Crippen LogP contribution >= 0.6 is 0 Å². The Morgan fingerprint density at radius 1 is 1.13 bits per heavy atom. The van der Waals surface area contributed by atoms with Gasteiger partial charge in [-0.1, -0.05) is 19.9 Å². The molecule has 0 N–H and O–H groups in total. The number of hydrogen-bond donors (Lipinski definition) is 0. The Kier molecular flexibility index (Phi) is 3.99. The Labute approximate surface area is 90.2 Å². The number of hydrogen-bond acceptors (Lipinski definition) is 1. The molecule has 0 aliphatic carbocycles. The van der Waals surface area contributed by atoms with E-state index in [0.29, 0.717) is 0 Å². The molecule has 15 heavy (non-hydrogen) atoms. The summed E-state index contributed by atoms with van der Waals surface area (Å²) in [6.45, 7) is 4.06. The topological polar surface area (TPSA) is 9.23 Å². The predicted molar refractivity (Wildman–Crippen MR) is 59.7 cm³/mol. The first-order valence-electron chi connectivity index (χ1n) is 5.10. The highest BCUT2D eigenvalue weighted by atomic mass is 28.4. The molecule has 0 aliphatic heterocycles. The van der Waals surface area contributed by atoms with Crippen LogP contribution in [0.4, 0.5) is 8.78 Å². The van der Waals surface area contributed by atoms with Crippen molar-refractivity contribution in [1.29, 1.82) is 0 Å². The minimum absolute atomic E-state index is 0.789. The summed E-state index contributed by atoms with van der Waals surface area (Å²) in [5, 5.41) is 0.828. The first-order valence-corrected chi connectivity index (χ1v) is 7.42. The molecule has 1 aromatic rings. The van der Waals surface area contributed by atoms with Crippen molar-refractivity contribution in [3.63, 3.8) is 0 Å². The maximum Gasteiger partial charge on any atom is 0.223 e. The van der Waals surface area contributed by atoms with Crippen LogP contribution in [-0.2, 0) is 4.43 Å². The van der Waals surface area contributed by atoms with E-state index in [0.717, 1.165) is 17.3 Å². The molecule has 84 valence electrons. The van der Waals surface area contributed by atoms with E-state index in [4.69, 9.17) is 4.43 Å². The summed E-state index contributed by atoms with van der Waals surface area (Å²) in [5.74, 6) is -1.59. The van der Waals surface area contributed by atoms with Crippen molar-refractivity contribution in [2.75, 3.05) is 7.11 Å². The van der Waals surface area contributed by atoms with E-state index < -0.39 is 20.0 Å². The Hall–Kier alpha value is -0.743. The Morgan fingerprint density at radius 3 is 2.13 bits per heavy atom. The van der Waals surface area contributed by atoms with Gasteiger partial charge in [0.25, 0.3) is 0 Å². The molecular weight excluding hydrogens is 214 g/mol. The molecule has 0 aliphatic rings. The average Bonchev–Trinajstić information content (AvgIpc) is 2.26. The minimum Gasteiger partial charge on any atom is -0.416 e. The third-order valence-electron chi connectivity index (χ3n) is 2.98. The van der Waals surface area contributed by atoms with Crippen molar-refractivity contribution in [3.05, 3.63) is 29.8 Å². The van der Waals surface area contributed by atoms with Gasteiger partial charge in [0.05, 0.1) is 0 Å². The summed E-state index contributed by atoms with van der Waals surface area (Å²) < 4.78 is 31.5. The fourth-order valence-electron chi connectivity index (χ4n) is 1.84. The molecule has 0 saturated heterocycles. The first-order chi connectivity index (χ1) is 7.09. The van der Waals surface area contributed by atoms with Gasteiger partial charge in [0.1, 0.15) is 0 Å². The second kappa shape index (κ2) is 4.85. The van der Waals surface area contributed by atoms with Crippen molar-refractivity contribution in [1.82, 2.24) is 0 Å². The molecular formula is C11H16F2OSi. The van der Waals surface area contributed by atoms with Gasteiger partial charge >= 0.3 is 0 Å². The third kappa shape index (κ3) is 2.26. The lowest BCUT2D eigenvalue weighted by atomic mass is 10.3. The van der Waals surface area contributed by atoms with Crippen molar-refractivity contribution < 1.29 is 13.2 Å². The highest BCUT2D eigenvalue weighted by molar-refractivity contribution is 6.86. The van der Waals surface area contributed by atoms with Gasteiger partial charge < -0.3 is 4.43 Å². The van der Waals surface area contributed by atoms with E-state index in [1.807, 2.05) is 13.8 Å². The second-order valence-corrected chi connectivity index (χ2v) is 7.92. The van der Waals surface area contributed by atoms with Gasteiger partial charge in [-0.25, -0.2) is 8.78 Å². The molecule has 1 rings (SSSR count). The molecule has 0 amide bonds. The summed E-state index contributed by atoms with van der Waals surface area (Å²) in [7, 11) is -0.401. The van der Waals surface area contributed by atoms with Crippen LogP contribution < -0.4 is 5.19 Å². The van der Waals surface area contributed by atoms with Crippen LogP contribution in [0.2, 0.25) is 12.1 Å². The maximum atomic E-state index is 13.1. The van der Waals surface area contributed by atoms with Crippen molar-refractivity contribution in [2.45, 2.75) is 25.9 Å². The van der Waals surface area contributed by atoms with Crippen LogP contribution in [0.15, 0.2) is 18.2 Å². The van der Waals surface area contributed by atoms with Gasteiger partial charge in [-0.15, -0.1) is 0 Å². The lowest BCUT2D eigenvalue weighted by molar-refractivity contribution is 0.404. The molecule has 0 aromatic heterocycles. The lowest BCUT2D eigenvalue weighted by Crippen LogP contribution is -2.49. The number of benzene rings is 1. The SMILES string of the molecule is CC[Si](CC)(OC)c1ccc(F)c(F)c1. The van der Waals surface area contributed by atoms with E-state index in [1.165, 1.54) is 12.1 Å². The normalized spacial score (nSPS) is 11.8. The molecule has 0 radical (unpaired) electrons. The van der Waals surface area contributed by atoms with Crippen LogP contribution in [0.5, 0.6) is 0 Å². The lowest BCUT2D eigenvalue weighted by Gasteiger charge is -2.27. The quantitative estimate of drug-likeness (QED) is 0.723. The van der Waals surface area contributed by atoms with E-state index in [9.17, 15) is 8.78 Å². The fraction of sp³-hybridized carbons (Fsp3) is 0.455. The summed E-state index contributed by atoms with van der Waals surface area (Å²) in [4.78, 5) is 0. The number of halogens is 2. The Morgan fingerprint density at radius 2 is 1.73 bits per heavy atom. The van der Waals surface area contributed by atoms with Gasteiger partial charge in [0.15, 0.2) is 11.6 Å². The van der Waals surface area contributed by atoms with E-state index in [1.54, 1.807) is 13.2 Å². The van der Waals surface area contributed by atoms with E-state index in [-0.39, 0.29) is 0 Å². The highest BCUT2D eigenvalue weighted by Crippen LogP contribution is 2.17. The highest BCUT2D eigenvalue weighted by Gasteiger charge is 2.32. The molecule has 4 heteroatoms. The summed E-state index contributed by atoms with van der Waals surface area (Å²) in [6, 6.07) is 5.83. The molecule has 0 heterocycles. The molecule has 0 saturated carbocycles. The molecule has 0 spiro atoms. The smallest absolute Gasteiger partial charge is 0.223 e. The first kappa shape index (κ1) is 12.3. The van der Waals surface area contributed by atoms with Gasteiger partial charge in [-0.3, -0.25) is 0 Å². The minimum atomic E-state index is -2.05. The predicted octanol–water partition coefficient (Wildman–Crippen LogP) is 2.80. The van der Waals surface area contributed by atoms with Gasteiger partial charge in [-0.05, 0) is 29.4 Å². The molecule has 0 fully saturated rings.